The number of fused-ring (bicyclic) bond motifs is 5. The number of amides is 1. The fourth-order valence-corrected chi connectivity index (χ4v) is 5.33. The highest BCUT2D eigenvalue weighted by molar-refractivity contribution is 5.90. The van der Waals surface area contributed by atoms with E-state index in [0.29, 0.717) is 53.2 Å². The molecule has 0 N–H and O–H groups in total. The van der Waals surface area contributed by atoms with E-state index in [9.17, 15) is 14.4 Å². The van der Waals surface area contributed by atoms with Crippen LogP contribution in [0.1, 0.15) is 29.2 Å². The van der Waals surface area contributed by atoms with Gasteiger partial charge in [0.1, 0.15) is 17.1 Å². The van der Waals surface area contributed by atoms with Crippen LogP contribution >= 0.6 is 0 Å². The molecule has 8 heteroatoms. The molecule has 172 valence electrons. The lowest BCUT2D eigenvalue weighted by Gasteiger charge is -2.42. The molecule has 0 saturated carbocycles. The maximum Gasteiger partial charge on any atom is 0.340 e. The van der Waals surface area contributed by atoms with Crippen molar-refractivity contribution < 1.29 is 18.7 Å². The second kappa shape index (κ2) is 8.10. The number of hydrogen-bond acceptors (Lipinski definition) is 6. The Kier molecular flexibility index (Phi) is 5.23. The van der Waals surface area contributed by atoms with Gasteiger partial charge in [-0.05, 0) is 30.9 Å². The molecule has 5 rings (SSSR count). The fourth-order valence-electron chi connectivity index (χ4n) is 5.33. The Labute approximate surface area is 190 Å². The van der Waals surface area contributed by atoms with E-state index < -0.39 is 5.63 Å². The van der Waals surface area contributed by atoms with Crippen LogP contribution in [0.4, 0.5) is 0 Å². The summed E-state index contributed by atoms with van der Waals surface area (Å²) < 4.78 is 18.2. The number of rotatable bonds is 4. The third-order valence-corrected chi connectivity index (χ3v) is 6.93. The number of ether oxygens (including phenoxy) is 2. The molecule has 2 aliphatic heterocycles. The number of hydrogen-bond donors (Lipinski definition) is 0. The first-order chi connectivity index (χ1) is 15.9. The average Bonchev–Trinajstić information content (AvgIpc) is 2.81. The predicted octanol–water partition coefficient (Wildman–Crippen LogP) is 2.47. The Balaban J connectivity index is 1.45. The number of carbonyl (C=O) groups is 1. The van der Waals surface area contributed by atoms with Crippen LogP contribution in [0.25, 0.3) is 11.0 Å². The van der Waals surface area contributed by atoms with E-state index in [1.807, 2.05) is 22.5 Å². The minimum absolute atomic E-state index is 0.0111. The molecule has 2 bridgehead atoms. The second-order valence-corrected chi connectivity index (χ2v) is 8.87. The molecular weight excluding hydrogens is 424 g/mol. The van der Waals surface area contributed by atoms with Crippen molar-refractivity contribution in [3.63, 3.8) is 0 Å². The Bertz CT molecular complexity index is 1370. The molecule has 1 saturated heterocycles. The molecule has 2 aromatic heterocycles. The van der Waals surface area contributed by atoms with Gasteiger partial charge in [-0.15, -0.1) is 0 Å². The molecule has 8 nitrogen and oxygen atoms in total. The van der Waals surface area contributed by atoms with Gasteiger partial charge < -0.3 is 23.4 Å². The highest BCUT2D eigenvalue weighted by Crippen LogP contribution is 2.36. The summed E-state index contributed by atoms with van der Waals surface area (Å²) in [5, 5.41) is 0.657. The van der Waals surface area contributed by atoms with Crippen LogP contribution < -0.4 is 20.7 Å². The van der Waals surface area contributed by atoms with Crippen LogP contribution in [0.3, 0.4) is 0 Å². The highest BCUT2D eigenvalue weighted by atomic mass is 16.5. The number of likely N-dealkylation sites (tertiary alicyclic amines) is 1. The maximum atomic E-state index is 13.3. The summed E-state index contributed by atoms with van der Waals surface area (Å²) in [6.07, 6.45) is 0.920. The fraction of sp³-hybridized carbons (Fsp3) is 0.400. The molecule has 1 fully saturated rings. The molecule has 33 heavy (non-hydrogen) atoms. The average molecular weight is 450 g/mol. The van der Waals surface area contributed by atoms with Crippen LogP contribution in [-0.4, -0.2) is 42.7 Å². The minimum atomic E-state index is -0.530. The number of benzene rings is 1. The molecule has 0 radical (unpaired) electrons. The first-order valence-corrected chi connectivity index (χ1v) is 11.1. The Morgan fingerprint density at radius 1 is 1.12 bits per heavy atom. The lowest BCUT2D eigenvalue weighted by molar-refractivity contribution is -0.133. The van der Waals surface area contributed by atoms with E-state index in [4.69, 9.17) is 13.9 Å². The van der Waals surface area contributed by atoms with Gasteiger partial charge in [0.05, 0.1) is 31.6 Å². The summed E-state index contributed by atoms with van der Waals surface area (Å²) in [5.41, 5.74) is 1.83. The largest absolute Gasteiger partial charge is 0.496 e. The molecule has 2 unspecified atom stereocenters. The van der Waals surface area contributed by atoms with Crippen LogP contribution in [0.15, 0.2) is 44.3 Å². The zero-order valence-electron chi connectivity index (χ0n) is 18.9. The number of aromatic nitrogens is 1. The Hall–Kier alpha value is -3.55. The molecular formula is C25H26N2O6. The first kappa shape index (κ1) is 21.3. The smallest absolute Gasteiger partial charge is 0.340 e. The maximum absolute atomic E-state index is 13.3. The van der Waals surface area contributed by atoms with Crippen molar-refractivity contribution in [2.24, 2.45) is 5.92 Å². The van der Waals surface area contributed by atoms with Gasteiger partial charge in [0.15, 0.2) is 0 Å². The summed E-state index contributed by atoms with van der Waals surface area (Å²) in [7, 11) is 3.07. The lowest BCUT2D eigenvalue weighted by Crippen LogP contribution is -2.49. The van der Waals surface area contributed by atoms with Gasteiger partial charge in [0.2, 0.25) is 5.91 Å². The number of carbonyl (C=O) groups excluding carboxylic acids is 1. The summed E-state index contributed by atoms with van der Waals surface area (Å²) >= 11 is 0. The van der Waals surface area contributed by atoms with E-state index in [0.717, 1.165) is 12.1 Å². The zero-order valence-corrected chi connectivity index (χ0v) is 18.9. The van der Waals surface area contributed by atoms with Crippen LogP contribution in [0, 0.1) is 12.8 Å². The quantitative estimate of drug-likeness (QED) is 0.567. The molecule has 2 atom stereocenters. The van der Waals surface area contributed by atoms with Crippen molar-refractivity contribution in [2.75, 3.05) is 27.3 Å². The Morgan fingerprint density at radius 2 is 1.94 bits per heavy atom. The number of methoxy groups -OCH3 is 2. The third kappa shape index (κ3) is 3.59. The van der Waals surface area contributed by atoms with Crippen LogP contribution in [0.2, 0.25) is 0 Å². The molecule has 3 aromatic rings. The standard InChI is InChI=1S/C25H26N2O6/c1-14-18(25(30)33-21-9-17(31-2)8-20(32-3)24(14)21)10-23(29)26-11-15-7-16(13-26)19-5-4-6-22(28)27(19)12-15/h4-6,8-9,15-16H,7,10-13H2,1-3H3. The predicted molar refractivity (Wildman–Crippen MR) is 122 cm³/mol. The van der Waals surface area contributed by atoms with E-state index in [-0.39, 0.29) is 29.7 Å². The van der Waals surface area contributed by atoms with Gasteiger partial charge in [-0.3, -0.25) is 9.59 Å². The van der Waals surface area contributed by atoms with E-state index >= 15 is 0 Å². The summed E-state index contributed by atoms with van der Waals surface area (Å²) in [6.45, 7) is 3.54. The van der Waals surface area contributed by atoms with Crippen molar-refractivity contribution in [1.82, 2.24) is 9.47 Å². The summed E-state index contributed by atoms with van der Waals surface area (Å²) in [4.78, 5) is 40.2. The monoisotopic (exact) mass is 450 g/mol. The molecule has 1 aromatic carbocycles. The zero-order chi connectivity index (χ0) is 23.3. The molecule has 0 aliphatic carbocycles. The third-order valence-electron chi connectivity index (χ3n) is 6.93. The van der Waals surface area contributed by atoms with Crippen molar-refractivity contribution in [3.05, 3.63) is 67.9 Å². The number of aryl methyl sites for hydroxylation is 1. The van der Waals surface area contributed by atoms with Gasteiger partial charge >= 0.3 is 5.63 Å². The van der Waals surface area contributed by atoms with Gasteiger partial charge in [-0.1, -0.05) is 6.07 Å². The Morgan fingerprint density at radius 3 is 2.70 bits per heavy atom. The van der Waals surface area contributed by atoms with E-state index in [1.54, 1.807) is 31.4 Å². The second-order valence-electron chi connectivity index (χ2n) is 8.87. The van der Waals surface area contributed by atoms with Gasteiger partial charge in [-0.25, -0.2) is 4.79 Å². The van der Waals surface area contributed by atoms with Crippen LogP contribution in [0.5, 0.6) is 11.5 Å². The van der Waals surface area contributed by atoms with Gasteiger partial charge in [-0.2, -0.15) is 0 Å². The molecule has 0 spiro atoms. The summed E-state index contributed by atoms with van der Waals surface area (Å²) in [5.74, 6) is 1.27. The SMILES string of the molecule is COc1cc(OC)c2c(C)c(CC(=O)N3CC4CC(C3)c3cccc(=O)n3C4)c(=O)oc2c1. The first-order valence-electron chi connectivity index (χ1n) is 11.1. The number of pyridine rings is 1. The molecule has 2 aliphatic rings. The van der Waals surface area contributed by atoms with Gasteiger partial charge in [0, 0.05) is 49.4 Å². The normalized spacial score (nSPS) is 19.3. The topological polar surface area (TPSA) is 91.0 Å². The minimum Gasteiger partial charge on any atom is -0.496 e. The molecule has 1 amide bonds. The molecule has 4 heterocycles. The van der Waals surface area contributed by atoms with Crippen molar-refractivity contribution >= 4 is 16.9 Å². The van der Waals surface area contributed by atoms with Crippen molar-refractivity contribution in [3.8, 4) is 11.5 Å². The van der Waals surface area contributed by atoms with E-state index in [1.165, 1.54) is 7.11 Å². The lowest BCUT2D eigenvalue weighted by atomic mass is 9.83. The highest BCUT2D eigenvalue weighted by Gasteiger charge is 2.36. The van der Waals surface area contributed by atoms with Crippen molar-refractivity contribution in [1.29, 1.82) is 0 Å². The number of nitrogens with zero attached hydrogens (tertiary/aromatic N) is 2. The van der Waals surface area contributed by atoms with Gasteiger partial charge in [0.25, 0.3) is 5.56 Å². The van der Waals surface area contributed by atoms with Crippen LogP contribution in [-0.2, 0) is 17.8 Å². The van der Waals surface area contributed by atoms with Crippen molar-refractivity contribution in [2.45, 2.75) is 32.2 Å². The summed E-state index contributed by atoms with van der Waals surface area (Å²) in [6, 6.07) is 8.70. The number of piperidine rings is 1. The van der Waals surface area contributed by atoms with E-state index in [2.05, 4.69) is 0 Å².